The molecule has 0 fully saturated rings. The van der Waals surface area contributed by atoms with Gasteiger partial charge in [-0.3, -0.25) is 14.9 Å². The molecular weight excluding hydrogens is 446 g/mol. The van der Waals surface area contributed by atoms with Crippen molar-refractivity contribution in [3.05, 3.63) is 89.5 Å². The first kappa shape index (κ1) is 24.9. The summed E-state index contributed by atoms with van der Waals surface area (Å²) in [5, 5.41) is 8.67. The minimum atomic E-state index is -0.330. The molecule has 3 aromatic carbocycles. The summed E-state index contributed by atoms with van der Waals surface area (Å²) in [6.45, 7) is 8.85. The summed E-state index contributed by atoms with van der Waals surface area (Å²) in [6.07, 6.45) is 0. The highest BCUT2D eigenvalue weighted by atomic mass is 32.1. The topological polar surface area (TPSA) is 79.5 Å². The Morgan fingerprint density at radius 3 is 1.97 bits per heavy atom. The summed E-state index contributed by atoms with van der Waals surface area (Å²) in [5.41, 5.74) is 3.47. The Morgan fingerprint density at radius 1 is 0.824 bits per heavy atom. The SMILES string of the molecule is CCOc1ccc(C(=O)NC(=S)Nc2cccc(NC(=O)c3ccc(C(C)(C)C)cc3)c2)cc1. The highest BCUT2D eigenvalue weighted by Gasteiger charge is 2.14. The third-order valence-electron chi connectivity index (χ3n) is 5.05. The van der Waals surface area contributed by atoms with E-state index in [1.54, 1.807) is 48.5 Å². The van der Waals surface area contributed by atoms with Gasteiger partial charge in [-0.1, -0.05) is 39.0 Å². The number of benzene rings is 3. The summed E-state index contributed by atoms with van der Waals surface area (Å²) in [7, 11) is 0. The molecule has 7 heteroatoms. The van der Waals surface area contributed by atoms with Gasteiger partial charge in [-0.05, 0) is 84.7 Å². The van der Waals surface area contributed by atoms with E-state index in [2.05, 4.69) is 36.7 Å². The molecule has 0 aliphatic carbocycles. The summed E-state index contributed by atoms with van der Waals surface area (Å²) in [6, 6.07) is 21.5. The van der Waals surface area contributed by atoms with Gasteiger partial charge in [-0.25, -0.2) is 0 Å². The molecule has 3 N–H and O–H groups in total. The van der Waals surface area contributed by atoms with Crippen LogP contribution in [0.1, 0.15) is 54.0 Å². The van der Waals surface area contributed by atoms with Crippen molar-refractivity contribution in [2.45, 2.75) is 33.1 Å². The summed E-state index contributed by atoms with van der Waals surface area (Å²) in [5.74, 6) is 0.163. The standard InChI is InChI=1S/C27H29N3O3S/c1-5-33-23-15-11-19(12-16-23)25(32)30-26(34)29-22-8-6-7-21(17-22)28-24(31)18-9-13-20(14-10-18)27(2,3)4/h6-17H,5H2,1-4H3,(H,28,31)(H2,29,30,32,34). The zero-order valence-corrected chi connectivity index (χ0v) is 20.6. The van der Waals surface area contributed by atoms with E-state index in [9.17, 15) is 9.59 Å². The van der Waals surface area contributed by atoms with E-state index >= 15 is 0 Å². The van der Waals surface area contributed by atoms with Crippen LogP contribution in [0.25, 0.3) is 0 Å². The van der Waals surface area contributed by atoms with Crippen molar-refractivity contribution < 1.29 is 14.3 Å². The Balaban J connectivity index is 1.58. The molecular formula is C27H29N3O3S. The number of rotatable bonds is 6. The van der Waals surface area contributed by atoms with E-state index in [4.69, 9.17) is 17.0 Å². The van der Waals surface area contributed by atoms with Crippen LogP contribution in [0.5, 0.6) is 5.75 Å². The van der Waals surface area contributed by atoms with Gasteiger partial charge in [0.2, 0.25) is 0 Å². The maximum atomic E-state index is 12.7. The normalized spacial score (nSPS) is 10.8. The molecule has 2 amide bonds. The number of amides is 2. The molecule has 0 unspecified atom stereocenters. The number of hydrogen-bond acceptors (Lipinski definition) is 4. The zero-order valence-electron chi connectivity index (χ0n) is 19.8. The fourth-order valence-corrected chi connectivity index (χ4v) is 3.42. The first-order valence-electron chi connectivity index (χ1n) is 11.0. The van der Waals surface area contributed by atoms with Gasteiger partial charge in [0.05, 0.1) is 6.61 Å². The maximum absolute atomic E-state index is 12.7. The summed E-state index contributed by atoms with van der Waals surface area (Å²) < 4.78 is 5.39. The largest absolute Gasteiger partial charge is 0.494 e. The van der Waals surface area contributed by atoms with Crippen LogP contribution in [-0.2, 0) is 5.41 Å². The Labute approximate surface area is 205 Å². The van der Waals surface area contributed by atoms with Gasteiger partial charge >= 0.3 is 0 Å². The average Bonchev–Trinajstić information content (AvgIpc) is 2.79. The number of ether oxygens (including phenoxy) is 1. The van der Waals surface area contributed by atoms with E-state index in [1.165, 1.54) is 0 Å². The number of hydrogen-bond donors (Lipinski definition) is 3. The van der Waals surface area contributed by atoms with E-state index in [0.717, 1.165) is 5.56 Å². The number of anilines is 2. The van der Waals surface area contributed by atoms with Crippen LogP contribution in [0, 0.1) is 0 Å². The Hall–Kier alpha value is -3.71. The quantitative estimate of drug-likeness (QED) is 0.395. The number of thiocarbonyl (C=S) groups is 1. The highest BCUT2D eigenvalue weighted by Crippen LogP contribution is 2.23. The molecule has 3 rings (SSSR count). The molecule has 176 valence electrons. The third kappa shape index (κ3) is 6.89. The van der Waals surface area contributed by atoms with Gasteiger partial charge in [-0.2, -0.15) is 0 Å². The summed E-state index contributed by atoms with van der Waals surface area (Å²) in [4.78, 5) is 25.1. The molecule has 3 aromatic rings. The molecule has 0 radical (unpaired) electrons. The van der Waals surface area contributed by atoms with Crippen LogP contribution >= 0.6 is 12.2 Å². The van der Waals surface area contributed by atoms with Crippen molar-refractivity contribution in [2.75, 3.05) is 17.2 Å². The molecule has 34 heavy (non-hydrogen) atoms. The lowest BCUT2D eigenvalue weighted by Crippen LogP contribution is -2.34. The smallest absolute Gasteiger partial charge is 0.257 e. The number of nitrogens with one attached hydrogen (secondary N) is 3. The fourth-order valence-electron chi connectivity index (χ4n) is 3.21. The van der Waals surface area contributed by atoms with Crippen LogP contribution in [0.4, 0.5) is 11.4 Å². The average molecular weight is 476 g/mol. The van der Waals surface area contributed by atoms with Gasteiger partial charge in [-0.15, -0.1) is 0 Å². The molecule has 0 spiro atoms. The second kappa shape index (κ2) is 10.9. The Kier molecular flexibility index (Phi) is 8.02. The Bertz CT molecular complexity index is 1170. The molecule has 6 nitrogen and oxygen atoms in total. The van der Waals surface area contributed by atoms with Crippen molar-refractivity contribution in [2.24, 2.45) is 0 Å². The van der Waals surface area contributed by atoms with E-state index in [-0.39, 0.29) is 22.3 Å². The molecule has 0 aliphatic rings. The lowest BCUT2D eigenvalue weighted by molar-refractivity contribution is 0.0976. The fraction of sp³-hybridized carbons (Fsp3) is 0.222. The van der Waals surface area contributed by atoms with Crippen LogP contribution in [0.2, 0.25) is 0 Å². The second-order valence-electron chi connectivity index (χ2n) is 8.73. The van der Waals surface area contributed by atoms with Gasteiger partial charge in [0.1, 0.15) is 5.75 Å². The first-order valence-corrected chi connectivity index (χ1v) is 11.4. The minimum absolute atomic E-state index is 0.0236. The molecule has 0 atom stereocenters. The predicted octanol–water partition coefficient (Wildman–Crippen LogP) is 5.76. The van der Waals surface area contributed by atoms with Crippen molar-refractivity contribution in [3.8, 4) is 5.75 Å². The molecule has 0 saturated heterocycles. The van der Waals surface area contributed by atoms with Gasteiger partial charge in [0.25, 0.3) is 11.8 Å². The third-order valence-corrected chi connectivity index (χ3v) is 5.25. The first-order chi connectivity index (χ1) is 16.2. The van der Waals surface area contributed by atoms with E-state index in [0.29, 0.717) is 34.9 Å². The van der Waals surface area contributed by atoms with Crippen LogP contribution in [-0.4, -0.2) is 23.5 Å². The van der Waals surface area contributed by atoms with Gasteiger partial charge in [0, 0.05) is 22.5 Å². The molecule has 0 aromatic heterocycles. The lowest BCUT2D eigenvalue weighted by Gasteiger charge is -2.19. The van der Waals surface area contributed by atoms with E-state index in [1.807, 2.05) is 31.2 Å². The van der Waals surface area contributed by atoms with Gasteiger partial charge < -0.3 is 15.4 Å². The van der Waals surface area contributed by atoms with Crippen LogP contribution < -0.4 is 20.7 Å². The van der Waals surface area contributed by atoms with Crippen molar-refractivity contribution in [1.29, 1.82) is 0 Å². The molecule has 0 saturated carbocycles. The monoisotopic (exact) mass is 475 g/mol. The molecule has 0 bridgehead atoms. The second-order valence-corrected chi connectivity index (χ2v) is 9.14. The van der Waals surface area contributed by atoms with Crippen molar-refractivity contribution >= 4 is 40.5 Å². The minimum Gasteiger partial charge on any atom is -0.494 e. The number of carbonyl (C=O) groups is 2. The summed E-state index contributed by atoms with van der Waals surface area (Å²) >= 11 is 5.27. The number of carbonyl (C=O) groups excluding carboxylic acids is 2. The van der Waals surface area contributed by atoms with Crippen molar-refractivity contribution in [1.82, 2.24) is 5.32 Å². The molecule has 0 heterocycles. The van der Waals surface area contributed by atoms with Gasteiger partial charge in [0.15, 0.2) is 5.11 Å². The lowest BCUT2D eigenvalue weighted by atomic mass is 9.87. The Morgan fingerprint density at radius 2 is 1.38 bits per heavy atom. The van der Waals surface area contributed by atoms with E-state index < -0.39 is 0 Å². The maximum Gasteiger partial charge on any atom is 0.257 e. The predicted molar refractivity (Wildman–Crippen MR) is 141 cm³/mol. The highest BCUT2D eigenvalue weighted by molar-refractivity contribution is 7.80. The molecule has 0 aliphatic heterocycles. The zero-order chi connectivity index (χ0) is 24.7. The van der Waals surface area contributed by atoms with Crippen LogP contribution in [0.15, 0.2) is 72.8 Å². The van der Waals surface area contributed by atoms with Crippen LogP contribution in [0.3, 0.4) is 0 Å². The van der Waals surface area contributed by atoms with Crippen molar-refractivity contribution in [3.63, 3.8) is 0 Å².